The fraction of sp³-hybridized carbons (Fsp3) is 0.158. The van der Waals surface area contributed by atoms with Gasteiger partial charge in [-0.25, -0.2) is 9.67 Å². The molecule has 0 fully saturated rings. The number of hydrogen-bond acceptors (Lipinski definition) is 4. The van der Waals surface area contributed by atoms with Gasteiger partial charge in [-0.05, 0) is 11.1 Å². The lowest BCUT2D eigenvalue weighted by molar-refractivity contribution is -0.132. The van der Waals surface area contributed by atoms with Gasteiger partial charge in [0.2, 0.25) is 5.91 Å². The lowest BCUT2D eigenvalue weighted by Crippen LogP contribution is -2.34. The molecule has 124 valence electrons. The normalized spacial score (nSPS) is 10.4. The summed E-state index contributed by atoms with van der Waals surface area (Å²) in [5, 5.41) is 12.7. The first-order chi connectivity index (χ1) is 12.2. The number of carbonyl (C=O) groups excluding carboxylic acids is 1. The molecule has 0 spiro atoms. The van der Waals surface area contributed by atoms with Crippen molar-refractivity contribution in [1.29, 1.82) is 5.26 Å². The van der Waals surface area contributed by atoms with E-state index >= 15 is 0 Å². The summed E-state index contributed by atoms with van der Waals surface area (Å²) in [5.74, 6) is -0.0646. The number of benzene rings is 2. The Morgan fingerprint density at radius 2 is 1.68 bits per heavy atom. The Morgan fingerprint density at radius 1 is 1.12 bits per heavy atom. The van der Waals surface area contributed by atoms with E-state index < -0.39 is 0 Å². The molecule has 25 heavy (non-hydrogen) atoms. The predicted octanol–water partition coefficient (Wildman–Crippen LogP) is 2.40. The second kappa shape index (κ2) is 7.41. The van der Waals surface area contributed by atoms with Crippen molar-refractivity contribution in [2.75, 3.05) is 7.05 Å². The van der Waals surface area contributed by atoms with Crippen LogP contribution in [0.15, 0.2) is 67.0 Å². The molecule has 2 aromatic carbocycles. The fourth-order valence-corrected chi connectivity index (χ4v) is 2.73. The van der Waals surface area contributed by atoms with Crippen LogP contribution in [0.3, 0.4) is 0 Å². The SMILES string of the molecule is CN(C(=O)Cn1cnc(C#N)n1)C(c1ccccc1)c1ccccc1. The standard InChI is InChI=1S/C19H17N5O/c1-23(18(25)13-24-14-21-17(12-20)22-24)19(15-8-4-2-5-9-15)16-10-6-3-7-11-16/h2-11,14,19H,13H2,1H3. The molecule has 0 atom stereocenters. The van der Waals surface area contributed by atoms with Gasteiger partial charge in [0.05, 0.1) is 6.04 Å². The van der Waals surface area contributed by atoms with E-state index in [1.165, 1.54) is 11.0 Å². The van der Waals surface area contributed by atoms with Gasteiger partial charge in [0, 0.05) is 7.05 Å². The van der Waals surface area contributed by atoms with E-state index in [2.05, 4.69) is 10.1 Å². The summed E-state index contributed by atoms with van der Waals surface area (Å²) in [4.78, 5) is 18.3. The molecular weight excluding hydrogens is 314 g/mol. The van der Waals surface area contributed by atoms with Crippen molar-refractivity contribution in [1.82, 2.24) is 19.7 Å². The Morgan fingerprint density at radius 3 is 2.16 bits per heavy atom. The third-order valence-electron chi connectivity index (χ3n) is 3.95. The molecule has 6 heteroatoms. The van der Waals surface area contributed by atoms with Gasteiger partial charge < -0.3 is 4.90 Å². The van der Waals surface area contributed by atoms with E-state index in [4.69, 9.17) is 5.26 Å². The van der Waals surface area contributed by atoms with Crippen LogP contribution in [0.2, 0.25) is 0 Å². The lowest BCUT2D eigenvalue weighted by Gasteiger charge is -2.29. The minimum atomic E-state index is -0.200. The van der Waals surface area contributed by atoms with Crippen LogP contribution in [0.4, 0.5) is 0 Å². The Kier molecular flexibility index (Phi) is 4.86. The average Bonchev–Trinajstić information content (AvgIpc) is 3.11. The Hall–Kier alpha value is -3.46. The molecule has 1 aromatic heterocycles. The molecule has 0 aliphatic heterocycles. The number of rotatable bonds is 5. The van der Waals surface area contributed by atoms with Gasteiger partial charge in [0.25, 0.3) is 5.82 Å². The Labute approximate surface area is 146 Å². The van der Waals surface area contributed by atoms with Crippen LogP contribution < -0.4 is 0 Å². The third-order valence-corrected chi connectivity index (χ3v) is 3.95. The largest absolute Gasteiger partial charge is 0.333 e. The zero-order chi connectivity index (χ0) is 17.6. The molecule has 0 N–H and O–H groups in total. The highest BCUT2D eigenvalue weighted by molar-refractivity contribution is 5.76. The molecule has 0 unspecified atom stereocenters. The first kappa shape index (κ1) is 16.4. The first-order valence-electron chi connectivity index (χ1n) is 7.84. The number of nitrogens with zero attached hydrogens (tertiary/aromatic N) is 5. The molecule has 0 saturated carbocycles. The summed E-state index contributed by atoms with van der Waals surface area (Å²) in [6.45, 7) is 0.0291. The van der Waals surface area contributed by atoms with Crippen molar-refractivity contribution < 1.29 is 4.79 Å². The van der Waals surface area contributed by atoms with Gasteiger partial charge in [-0.1, -0.05) is 60.7 Å². The number of likely N-dealkylation sites (N-methyl/N-ethyl adjacent to an activating group) is 1. The predicted molar refractivity (Wildman–Crippen MR) is 92.2 cm³/mol. The molecule has 0 aliphatic carbocycles. The molecule has 3 rings (SSSR count). The van der Waals surface area contributed by atoms with E-state index in [9.17, 15) is 4.79 Å². The number of amides is 1. The molecule has 1 heterocycles. The van der Waals surface area contributed by atoms with Gasteiger partial charge in [-0.2, -0.15) is 5.26 Å². The van der Waals surface area contributed by atoms with Gasteiger partial charge in [0.15, 0.2) is 0 Å². The monoisotopic (exact) mass is 331 g/mol. The molecule has 0 bridgehead atoms. The maximum atomic E-state index is 12.8. The van der Waals surface area contributed by atoms with E-state index in [-0.39, 0.29) is 24.3 Å². The highest BCUT2D eigenvalue weighted by atomic mass is 16.2. The molecular formula is C19H17N5O. The van der Waals surface area contributed by atoms with Crippen molar-refractivity contribution >= 4 is 5.91 Å². The minimum Gasteiger partial charge on any atom is -0.333 e. The van der Waals surface area contributed by atoms with E-state index in [0.717, 1.165) is 11.1 Å². The summed E-state index contributed by atoms with van der Waals surface area (Å²) >= 11 is 0. The van der Waals surface area contributed by atoms with Crippen LogP contribution in [0.5, 0.6) is 0 Å². The van der Waals surface area contributed by atoms with Crippen LogP contribution in [0.1, 0.15) is 23.0 Å². The highest BCUT2D eigenvalue weighted by Crippen LogP contribution is 2.27. The number of aromatic nitrogens is 3. The van der Waals surface area contributed by atoms with Gasteiger partial charge >= 0.3 is 0 Å². The summed E-state index contributed by atoms with van der Waals surface area (Å²) in [5.41, 5.74) is 2.06. The zero-order valence-electron chi connectivity index (χ0n) is 13.8. The van der Waals surface area contributed by atoms with E-state index in [1.807, 2.05) is 66.7 Å². The Balaban J connectivity index is 1.87. The summed E-state index contributed by atoms with van der Waals surface area (Å²) in [6, 6.07) is 21.4. The quantitative estimate of drug-likeness (QED) is 0.719. The molecule has 0 radical (unpaired) electrons. The van der Waals surface area contributed by atoms with Crippen molar-refractivity contribution in [3.05, 3.63) is 83.9 Å². The summed E-state index contributed by atoms with van der Waals surface area (Å²) in [7, 11) is 1.77. The second-order valence-corrected chi connectivity index (χ2v) is 5.61. The zero-order valence-corrected chi connectivity index (χ0v) is 13.8. The summed E-state index contributed by atoms with van der Waals surface area (Å²) < 4.78 is 1.38. The molecule has 3 aromatic rings. The number of hydrogen-bond donors (Lipinski definition) is 0. The second-order valence-electron chi connectivity index (χ2n) is 5.61. The summed E-state index contributed by atoms with van der Waals surface area (Å²) in [6.07, 6.45) is 1.39. The van der Waals surface area contributed by atoms with Crippen molar-refractivity contribution in [2.24, 2.45) is 0 Å². The molecule has 0 saturated heterocycles. The maximum Gasteiger partial charge on any atom is 0.252 e. The van der Waals surface area contributed by atoms with Gasteiger partial charge in [-0.3, -0.25) is 4.79 Å². The topological polar surface area (TPSA) is 74.8 Å². The third kappa shape index (κ3) is 3.72. The molecule has 1 amide bonds. The van der Waals surface area contributed by atoms with Crippen molar-refractivity contribution in [3.63, 3.8) is 0 Å². The van der Waals surface area contributed by atoms with Crippen LogP contribution >= 0.6 is 0 Å². The molecule has 6 nitrogen and oxygen atoms in total. The molecule has 0 aliphatic rings. The Bertz CT molecular complexity index is 843. The van der Waals surface area contributed by atoms with Crippen LogP contribution in [0, 0.1) is 11.3 Å². The van der Waals surface area contributed by atoms with Gasteiger partial charge in [0.1, 0.15) is 18.9 Å². The van der Waals surface area contributed by atoms with Crippen molar-refractivity contribution in [2.45, 2.75) is 12.6 Å². The van der Waals surface area contributed by atoms with E-state index in [1.54, 1.807) is 11.9 Å². The smallest absolute Gasteiger partial charge is 0.252 e. The fourth-order valence-electron chi connectivity index (χ4n) is 2.73. The van der Waals surface area contributed by atoms with Gasteiger partial charge in [-0.15, -0.1) is 5.10 Å². The lowest BCUT2D eigenvalue weighted by atomic mass is 9.97. The number of nitriles is 1. The van der Waals surface area contributed by atoms with E-state index in [0.29, 0.717) is 0 Å². The highest BCUT2D eigenvalue weighted by Gasteiger charge is 2.23. The minimum absolute atomic E-state index is 0.0291. The average molecular weight is 331 g/mol. The van der Waals surface area contributed by atoms with Crippen LogP contribution in [0.25, 0.3) is 0 Å². The number of carbonyl (C=O) groups is 1. The van der Waals surface area contributed by atoms with Crippen LogP contribution in [-0.2, 0) is 11.3 Å². The van der Waals surface area contributed by atoms with Crippen molar-refractivity contribution in [3.8, 4) is 6.07 Å². The first-order valence-corrected chi connectivity index (χ1v) is 7.84. The van der Waals surface area contributed by atoms with Crippen LogP contribution in [-0.4, -0.2) is 32.6 Å². The maximum absolute atomic E-state index is 12.8.